The third-order valence-corrected chi connectivity index (χ3v) is 4.20. The first kappa shape index (κ1) is 19.8. The van der Waals surface area contributed by atoms with Crippen molar-refractivity contribution in [3.8, 4) is 11.1 Å². The van der Waals surface area contributed by atoms with Crippen molar-refractivity contribution in [1.29, 1.82) is 0 Å². The normalized spacial score (nSPS) is 11.4. The van der Waals surface area contributed by atoms with E-state index in [-0.39, 0.29) is 5.91 Å². The lowest BCUT2D eigenvalue weighted by atomic mass is 10.0. The molecule has 144 valence electrons. The second-order valence-corrected chi connectivity index (χ2v) is 6.33. The predicted molar refractivity (Wildman–Crippen MR) is 119 cm³/mol. The molecule has 0 bridgehead atoms. The zero-order valence-electron chi connectivity index (χ0n) is 16.0. The fourth-order valence-electron chi connectivity index (χ4n) is 2.71. The zero-order valence-corrected chi connectivity index (χ0v) is 16.0. The van der Waals surface area contributed by atoms with E-state index in [9.17, 15) is 4.79 Å². The van der Waals surface area contributed by atoms with Gasteiger partial charge in [-0.15, -0.1) is 0 Å². The maximum absolute atomic E-state index is 11.5. The van der Waals surface area contributed by atoms with Crippen LogP contribution in [0.25, 0.3) is 16.8 Å². The minimum Gasteiger partial charge on any atom is -0.398 e. The molecule has 0 saturated heterocycles. The lowest BCUT2D eigenvalue weighted by Gasteiger charge is -2.08. The van der Waals surface area contributed by atoms with Crippen LogP contribution in [0.1, 0.15) is 11.1 Å². The van der Waals surface area contributed by atoms with Crippen LogP contribution in [0.2, 0.25) is 0 Å². The van der Waals surface area contributed by atoms with Crippen molar-refractivity contribution < 1.29 is 4.79 Å². The van der Waals surface area contributed by atoms with Crippen molar-refractivity contribution in [3.05, 3.63) is 103 Å². The van der Waals surface area contributed by atoms with E-state index in [2.05, 4.69) is 21.9 Å². The number of nitrogens with zero attached hydrogens (tertiary/aromatic N) is 2. The van der Waals surface area contributed by atoms with Crippen LogP contribution in [0.15, 0.2) is 96.8 Å². The van der Waals surface area contributed by atoms with E-state index in [1.165, 1.54) is 6.08 Å². The highest BCUT2D eigenvalue weighted by Crippen LogP contribution is 2.24. The van der Waals surface area contributed by atoms with Crippen LogP contribution in [-0.2, 0) is 11.3 Å². The van der Waals surface area contributed by atoms with Gasteiger partial charge >= 0.3 is 0 Å². The van der Waals surface area contributed by atoms with Gasteiger partial charge in [-0.2, -0.15) is 0 Å². The molecule has 3 rings (SSSR count). The van der Waals surface area contributed by atoms with Gasteiger partial charge in [0.1, 0.15) is 0 Å². The Labute approximate surface area is 170 Å². The van der Waals surface area contributed by atoms with Crippen molar-refractivity contribution in [1.82, 2.24) is 4.98 Å². The predicted octanol–water partition coefficient (Wildman–Crippen LogP) is 4.44. The second-order valence-electron chi connectivity index (χ2n) is 6.33. The van der Waals surface area contributed by atoms with Crippen molar-refractivity contribution in [2.75, 3.05) is 5.32 Å². The Bertz CT molecular complexity index is 1060. The molecule has 1 amide bonds. The standard InChI is InChI=1S/C24H22N4O/c1-2-24(29)28-22-14-21(16-27-17-22)19-9-6-10-20(13-19)23(25)11-12-26-15-18-7-4-3-5-8-18/h2-14,16-17H,1,15,25H2,(H,28,29). The van der Waals surface area contributed by atoms with Gasteiger partial charge in [-0.1, -0.05) is 55.1 Å². The lowest BCUT2D eigenvalue weighted by Crippen LogP contribution is -2.07. The fourth-order valence-corrected chi connectivity index (χ4v) is 2.71. The van der Waals surface area contributed by atoms with E-state index < -0.39 is 0 Å². The second kappa shape index (κ2) is 9.80. The summed E-state index contributed by atoms with van der Waals surface area (Å²) >= 11 is 0. The topological polar surface area (TPSA) is 80.4 Å². The molecule has 1 heterocycles. The monoisotopic (exact) mass is 382 g/mol. The van der Waals surface area contributed by atoms with Crippen LogP contribution in [0.3, 0.4) is 0 Å². The Morgan fingerprint density at radius 3 is 2.69 bits per heavy atom. The zero-order chi connectivity index (χ0) is 20.5. The summed E-state index contributed by atoms with van der Waals surface area (Å²) in [5, 5.41) is 2.71. The van der Waals surface area contributed by atoms with Crippen LogP contribution in [0.4, 0.5) is 5.69 Å². The molecule has 0 unspecified atom stereocenters. The molecule has 1 aromatic heterocycles. The van der Waals surface area contributed by atoms with E-state index >= 15 is 0 Å². The number of anilines is 1. The number of hydrogen-bond donors (Lipinski definition) is 2. The number of hydrogen-bond acceptors (Lipinski definition) is 4. The Morgan fingerprint density at radius 2 is 1.90 bits per heavy atom. The molecule has 0 aliphatic carbocycles. The highest BCUT2D eigenvalue weighted by molar-refractivity contribution is 5.99. The smallest absolute Gasteiger partial charge is 0.247 e. The average Bonchev–Trinajstić information content (AvgIpc) is 2.77. The number of aromatic nitrogens is 1. The molecule has 0 spiro atoms. The summed E-state index contributed by atoms with van der Waals surface area (Å²) < 4.78 is 0. The Balaban J connectivity index is 1.74. The highest BCUT2D eigenvalue weighted by atomic mass is 16.1. The van der Waals surface area contributed by atoms with Crippen LogP contribution >= 0.6 is 0 Å². The van der Waals surface area contributed by atoms with Gasteiger partial charge in [0.25, 0.3) is 0 Å². The molecule has 5 heteroatoms. The van der Waals surface area contributed by atoms with E-state index in [1.807, 2.05) is 60.7 Å². The number of carbonyl (C=O) groups is 1. The SMILES string of the molecule is C=CC(=O)Nc1cncc(-c2cccc(C(N)=CC=NCc3ccccc3)c2)c1. The van der Waals surface area contributed by atoms with Gasteiger partial charge in [-0.25, -0.2) is 0 Å². The summed E-state index contributed by atoms with van der Waals surface area (Å²) in [7, 11) is 0. The molecular weight excluding hydrogens is 360 g/mol. The number of aliphatic imine (C=N–C) groups is 1. The van der Waals surface area contributed by atoms with Crippen molar-refractivity contribution in [2.24, 2.45) is 10.7 Å². The van der Waals surface area contributed by atoms with Crippen molar-refractivity contribution in [3.63, 3.8) is 0 Å². The molecule has 2 aromatic carbocycles. The molecule has 0 fully saturated rings. The van der Waals surface area contributed by atoms with Crippen LogP contribution in [-0.4, -0.2) is 17.1 Å². The minimum absolute atomic E-state index is 0.278. The van der Waals surface area contributed by atoms with Gasteiger partial charge in [0.2, 0.25) is 5.91 Å². The number of amides is 1. The largest absolute Gasteiger partial charge is 0.398 e. The first-order chi connectivity index (χ1) is 14.2. The molecule has 0 atom stereocenters. The third-order valence-electron chi connectivity index (χ3n) is 4.20. The maximum atomic E-state index is 11.5. The molecule has 3 N–H and O–H groups in total. The number of allylic oxidation sites excluding steroid dienone is 1. The molecule has 5 nitrogen and oxygen atoms in total. The Kier molecular flexibility index (Phi) is 6.68. The molecule has 3 aromatic rings. The van der Waals surface area contributed by atoms with Gasteiger partial charge in [0.15, 0.2) is 0 Å². The molecule has 0 aliphatic heterocycles. The van der Waals surface area contributed by atoms with E-state index in [0.717, 1.165) is 22.3 Å². The minimum atomic E-state index is -0.278. The van der Waals surface area contributed by atoms with Crippen LogP contribution in [0.5, 0.6) is 0 Å². The first-order valence-corrected chi connectivity index (χ1v) is 9.14. The fraction of sp³-hybridized carbons (Fsp3) is 0.0417. The molecule has 0 radical (unpaired) electrons. The van der Waals surface area contributed by atoms with Gasteiger partial charge in [0, 0.05) is 23.7 Å². The van der Waals surface area contributed by atoms with Crippen molar-refractivity contribution >= 4 is 23.5 Å². The molecule has 0 aliphatic rings. The van der Waals surface area contributed by atoms with E-state index in [0.29, 0.717) is 17.9 Å². The summed E-state index contributed by atoms with van der Waals surface area (Å²) in [5.41, 5.74) is 11.3. The molecule has 0 saturated carbocycles. The van der Waals surface area contributed by atoms with E-state index in [4.69, 9.17) is 5.73 Å². The molecule has 29 heavy (non-hydrogen) atoms. The van der Waals surface area contributed by atoms with Crippen molar-refractivity contribution in [2.45, 2.75) is 6.54 Å². The van der Waals surface area contributed by atoms with Crippen LogP contribution < -0.4 is 11.1 Å². The Hall–Kier alpha value is -3.99. The number of nitrogens with two attached hydrogens (primary N) is 1. The highest BCUT2D eigenvalue weighted by Gasteiger charge is 2.04. The van der Waals surface area contributed by atoms with Gasteiger partial charge < -0.3 is 11.1 Å². The van der Waals surface area contributed by atoms with Gasteiger partial charge in [-0.3, -0.25) is 14.8 Å². The third kappa shape index (κ3) is 5.74. The lowest BCUT2D eigenvalue weighted by molar-refractivity contribution is -0.111. The maximum Gasteiger partial charge on any atom is 0.247 e. The van der Waals surface area contributed by atoms with Crippen LogP contribution in [0, 0.1) is 0 Å². The molecular formula is C24H22N4O. The summed E-state index contributed by atoms with van der Waals surface area (Å²) in [4.78, 5) is 20.1. The summed E-state index contributed by atoms with van der Waals surface area (Å²) in [6.07, 6.45) is 8.07. The summed E-state index contributed by atoms with van der Waals surface area (Å²) in [5.74, 6) is -0.278. The number of rotatable bonds is 7. The Morgan fingerprint density at radius 1 is 1.07 bits per heavy atom. The quantitative estimate of drug-likeness (QED) is 0.468. The number of carbonyl (C=O) groups excluding carboxylic acids is 1. The number of benzene rings is 2. The van der Waals surface area contributed by atoms with E-state index in [1.54, 1.807) is 24.7 Å². The number of nitrogens with one attached hydrogen (secondary N) is 1. The summed E-state index contributed by atoms with van der Waals surface area (Å²) in [6.45, 7) is 4.06. The summed E-state index contributed by atoms with van der Waals surface area (Å²) in [6, 6.07) is 19.7. The average molecular weight is 382 g/mol. The first-order valence-electron chi connectivity index (χ1n) is 9.14. The van der Waals surface area contributed by atoms with Gasteiger partial charge in [0.05, 0.1) is 18.4 Å². The van der Waals surface area contributed by atoms with Gasteiger partial charge in [-0.05, 0) is 41.0 Å². The number of pyridine rings is 1.